The number of nitrogens with zero attached hydrogens (tertiary/aromatic N) is 1. The van der Waals surface area contributed by atoms with Gasteiger partial charge in [-0.25, -0.2) is 4.79 Å². The van der Waals surface area contributed by atoms with Gasteiger partial charge in [0.2, 0.25) is 0 Å². The van der Waals surface area contributed by atoms with Crippen molar-refractivity contribution in [3.05, 3.63) is 65.7 Å². The molecule has 0 heterocycles. The number of benzene rings is 2. The first-order chi connectivity index (χ1) is 10.7. The van der Waals surface area contributed by atoms with Gasteiger partial charge in [-0.15, -0.1) is 0 Å². The van der Waals surface area contributed by atoms with Gasteiger partial charge in [0.15, 0.2) is 0 Å². The average Bonchev–Trinajstić information content (AvgIpc) is 2.52. The maximum Gasteiger partial charge on any atom is 0.319 e. The van der Waals surface area contributed by atoms with E-state index in [2.05, 4.69) is 28.8 Å². The number of rotatable bonds is 3. The Kier molecular flexibility index (Phi) is 3.80. The van der Waals surface area contributed by atoms with Gasteiger partial charge in [-0.2, -0.15) is 5.26 Å². The van der Waals surface area contributed by atoms with Crippen LogP contribution in [0.25, 0.3) is 0 Å². The molecule has 4 heteroatoms. The van der Waals surface area contributed by atoms with Crippen molar-refractivity contribution in [1.82, 2.24) is 5.32 Å². The smallest absolute Gasteiger partial charge is 0.319 e. The predicted octanol–water partition coefficient (Wildman–Crippen LogP) is 3.76. The van der Waals surface area contributed by atoms with E-state index in [9.17, 15) is 4.79 Å². The molecule has 2 N–H and O–H groups in total. The van der Waals surface area contributed by atoms with Gasteiger partial charge < -0.3 is 10.6 Å². The Hall–Kier alpha value is -2.80. The summed E-state index contributed by atoms with van der Waals surface area (Å²) >= 11 is 0. The maximum absolute atomic E-state index is 12.3. The highest BCUT2D eigenvalue weighted by atomic mass is 16.2. The molecule has 0 saturated heterocycles. The minimum absolute atomic E-state index is 0.237. The number of anilines is 1. The molecule has 1 saturated carbocycles. The molecule has 1 fully saturated rings. The van der Waals surface area contributed by atoms with E-state index in [4.69, 9.17) is 5.26 Å². The summed E-state index contributed by atoms with van der Waals surface area (Å²) in [7, 11) is 0. The van der Waals surface area contributed by atoms with Crippen LogP contribution in [-0.2, 0) is 5.54 Å². The summed E-state index contributed by atoms with van der Waals surface area (Å²) in [6.07, 6.45) is 3.00. The van der Waals surface area contributed by atoms with E-state index in [0.717, 1.165) is 24.8 Å². The highest BCUT2D eigenvalue weighted by Crippen LogP contribution is 2.41. The third kappa shape index (κ3) is 2.79. The van der Waals surface area contributed by atoms with Crippen molar-refractivity contribution in [2.24, 2.45) is 0 Å². The first-order valence-electron chi connectivity index (χ1n) is 7.37. The van der Waals surface area contributed by atoms with Gasteiger partial charge in [-0.1, -0.05) is 36.4 Å². The highest BCUT2D eigenvalue weighted by molar-refractivity contribution is 5.90. The summed E-state index contributed by atoms with van der Waals surface area (Å²) in [4.78, 5) is 12.3. The normalized spacial score (nSPS) is 15.2. The molecule has 0 aliphatic heterocycles. The molecule has 0 atom stereocenters. The molecule has 2 aromatic carbocycles. The van der Waals surface area contributed by atoms with Crippen molar-refractivity contribution >= 4 is 11.7 Å². The summed E-state index contributed by atoms with van der Waals surface area (Å²) in [6.45, 7) is 0. The third-order valence-corrected chi connectivity index (χ3v) is 4.14. The van der Waals surface area contributed by atoms with Crippen LogP contribution < -0.4 is 10.6 Å². The topological polar surface area (TPSA) is 64.9 Å². The lowest BCUT2D eigenvalue weighted by molar-refractivity contribution is 0.185. The van der Waals surface area contributed by atoms with E-state index in [1.54, 1.807) is 24.3 Å². The summed E-state index contributed by atoms with van der Waals surface area (Å²) in [5.74, 6) is 0. The molecule has 22 heavy (non-hydrogen) atoms. The van der Waals surface area contributed by atoms with Crippen LogP contribution in [0.15, 0.2) is 54.6 Å². The second-order valence-corrected chi connectivity index (χ2v) is 5.57. The van der Waals surface area contributed by atoms with Crippen molar-refractivity contribution in [2.45, 2.75) is 24.8 Å². The fourth-order valence-electron chi connectivity index (χ4n) is 2.82. The van der Waals surface area contributed by atoms with E-state index in [-0.39, 0.29) is 11.6 Å². The molecule has 110 valence electrons. The van der Waals surface area contributed by atoms with Crippen LogP contribution in [-0.4, -0.2) is 6.03 Å². The Labute approximate surface area is 129 Å². The predicted molar refractivity (Wildman–Crippen MR) is 85.3 cm³/mol. The van der Waals surface area contributed by atoms with Crippen molar-refractivity contribution < 1.29 is 4.79 Å². The number of carbonyl (C=O) groups is 1. The molecule has 0 bridgehead atoms. The number of nitriles is 1. The molecule has 0 aromatic heterocycles. The zero-order valence-corrected chi connectivity index (χ0v) is 12.2. The Morgan fingerprint density at radius 3 is 2.50 bits per heavy atom. The van der Waals surface area contributed by atoms with E-state index in [1.807, 2.05) is 18.2 Å². The average molecular weight is 291 g/mol. The van der Waals surface area contributed by atoms with Gasteiger partial charge in [0.05, 0.1) is 17.2 Å². The number of carbonyl (C=O) groups excluding carboxylic acids is 1. The van der Waals surface area contributed by atoms with Gasteiger partial charge in [-0.3, -0.25) is 0 Å². The van der Waals surface area contributed by atoms with E-state index in [0.29, 0.717) is 11.3 Å². The number of urea groups is 1. The van der Waals surface area contributed by atoms with E-state index >= 15 is 0 Å². The summed E-state index contributed by atoms with van der Waals surface area (Å²) in [6, 6.07) is 18.8. The van der Waals surface area contributed by atoms with Gasteiger partial charge >= 0.3 is 6.03 Å². The van der Waals surface area contributed by atoms with E-state index in [1.165, 1.54) is 0 Å². The van der Waals surface area contributed by atoms with E-state index < -0.39 is 0 Å². The van der Waals surface area contributed by atoms with Crippen molar-refractivity contribution in [3.8, 4) is 6.07 Å². The van der Waals surface area contributed by atoms with Crippen LogP contribution in [0.3, 0.4) is 0 Å². The Morgan fingerprint density at radius 1 is 1.09 bits per heavy atom. The van der Waals surface area contributed by atoms with Crippen LogP contribution in [0.1, 0.15) is 30.4 Å². The van der Waals surface area contributed by atoms with Gasteiger partial charge in [-0.05, 0) is 43.0 Å². The standard InChI is InChI=1S/C18H17N3O/c19-13-14-6-4-9-16(12-14)20-17(22)21-18(10-5-11-18)15-7-2-1-3-8-15/h1-4,6-9,12H,5,10-11H2,(H2,20,21,22). The second-order valence-electron chi connectivity index (χ2n) is 5.57. The van der Waals surface area contributed by atoms with Crippen molar-refractivity contribution in [2.75, 3.05) is 5.32 Å². The minimum Gasteiger partial charge on any atom is -0.328 e. The Morgan fingerprint density at radius 2 is 1.86 bits per heavy atom. The molecular weight excluding hydrogens is 274 g/mol. The lowest BCUT2D eigenvalue weighted by Gasteiger charge is -2.43. The SMILES string of the molecule is N#Cc1cccc(NC(=O)NC2(c3ccccc3)CCC2)c1. The number of amides is 2. The largest absolute Gasteiger partial charge is 0.328 e. The molecule has 1 aliphatic carbocycles. The quantitative estimate of drug-likeness (QED) is 0.904. The summed E-state index contributed by atoms with van der Waals surface area (Å²) < 4.78 is 0. The first kappa shape index (κ1) is 14.2. The highest BCUT2D eigenvalue weighted by Gasteiger charge is 2.39. The van der Waals surface area contributed by atoms with Crippen molar-refractivity contribution in [3.63, 3.8) is 0 Å². The Balaban J connectivity index is 1.72. The first-order valence-corrected chi connectivity index (χ1v) is 7.37. The fourth-order valence-corrected chi connectivity index (χ4v) is 2.82. The molecular formula is C18H17N3O. The van der Waals surface area contributed by atoms with Gasteiger partial charge in [0.25, 0.3) is 0 Å². The summed E-state index contributed by atoms with van der Waals surface area (Å²) in [5, 5.41) is 14.8. The fraction of sp³-hybridized carbons (Fsp3) is 0.222. The lowest BCUT2D eigenvalue weighted by Crippen LogP contribution is -2.52. The van der Waals surface area contributed by atoms with Crippen LogP contribution in [0, 0.1) is 11.3 Å². The molecule has 1 aliphatic rings. The monoisotopic (exact) mass is 291 g/mol. The minimum atomic E-state index is -0.266. The van der Waals surface area contributed by atoms with Crippen LogP contribution in [0.2, 0.25) is 0 Å². The number of nitrogens with one attached hydrogen (secondary N) is 2. The molecule has 2 aromatic rings. The molecule has 2 amide bonds. The number of hydrogen-bond acceptors (Lipinski definition) is 2. The maximum atomic E-state index is 12.3. The van der Waals surface area contributed by atoms with Gasteiger partial charge in [0.1, 0.15) is 0 Å². The Bertz CT molecular complexity index is 715. The van der Waals surface area contributed by atoms with Crippen LogP contribution in [0.4, 0.5) is 10.5 Å². The molecule has 0 radical (unpaired) electrons. The van der Waals surface area contributed by atoms with Crippen molar-refractivity contribution in [1.29, 1.82) is 5.26 Å². The second kappa shape index (κ2) is 5.90. The molecule has 0 unspecified atom stereocenters. The van der Waals surface area contributed by atoms with Crippen LogP contribution in [0.5, 0.6) is 0 Å². The molecule has 4 nitrogen and oxygen atoms in total. The molecule has 0 spiro atoms. The lowest BCUT2D eigenvalue weighted by atomic mass is 9.72. The summed E-state index contributed by atoms with van der Waals surface area (Å²) in [5.41, 5.74) is 2.03. The zero-order chi connectivity index (χ0) is 15.4. The zero-order valence-electron chi connectivity index (χ0n) is 12.2. The molecule has 3 rings (SSSR count). The number of hydrogen-bond donors (Lipinski definition) is 2. The van der Waals surface area contributed by atoms with Gasteiger partial charge in [0, 0.05) is 5.69 Å². The third-order valence-electron chi connectivity index (χ3n) is 4.14. The van der Waals surface area contributed by atoms with Crippen LogP contribution >= 0.6 is 0 Å².